The Hall–Kier alpha value is -2.53. The minimum absolute atomic E-state index is 0.0635. The number of ether oxygens (including phenoxy) is 1. The molecule has 0 aliphatic carbocycles. The Labute approximate surface area is 157 Å². The molecule has 136 valence electrons. The van der Waals surface area contributed by atoms with Crippen molar-refractivity contribution in [2.45, 2.75) is 12.3 Å². The fourth-order valence-electron chi connectivity index (χ4n) is 3.05. The van der Waals surface area contributed by atoms with E-state index >= 15 is 0 Å². The topological polar surface area (TPSA) is 58.6 Å². The average Bonchev–Trinajstić information content (AvgIpc) is 3.05. The van der Waals surface area contributed by atoms with Gasteiger partial charge in [0, 0.05) is 30.5 Å². The maximum absolute atomic E-state index is 12.5. The molecular formula is C20H21ClN2O3. The summed E-state index contributed by atoms with van der Waals surface area (Å²) in [6.07, 6.45) is -0.00484. The molecule has 5 nitrogen and oxygen atoms in total. The van der Waals surface area contributed by atoms with Crippen LogP contribution in [0.15, 0.2) is 54.6 Å². The van der Waals surface area contributed by atoms with E-state index < -0.39 is 0 Å². The summed E-state index contributed by atoms with van der Waals surface area (Å²) in [5.41, 5.74) is 2.06. The van der Waals surface area contributed by atoms with Crippen LogP contribution in [-0.2, 0) is 9.53 Å². The number of carbonyl (C=O) groups excluding carboxylic acids is 2. The van der Waals surface area contributed by atoms with Crippen molar-refractivity contribution in [2.24, 2.45) is 0 Å². The molecule has 0 saturated carbocycles. The molecule has 0 radical (unpaired) electrons. The highest BCUT2D eigenvalue weighted by molar-refractivity contribution is 6.30. The van der Waals surface area contributed by atoms with Gasteiger partial charge in [0.25, 0.3) is 0 Å². The van der Waals surface area contributed by atoms with E-state index in [0.29, 0.717) is 37.7 Å². The summed E-state index contributed by atoms with van der Waals surface area (Å²) >= 11 is 6.13. The molecule has 1 fully saturated rings. The second kappa shape index (κ2) is 8.72. The van der Waals surface area contributed by atoms with E-state index in [1.165, 1.54) is 0 Å². The Bertz CT molecular complexity index is 767. The van der Waals surface area contributed by atoms with Crippen LogP contribution in [0.3, 0.4) is 0 Å². The first-order valence-electron chi connectivity index (χ1n) is 8.62. The maximum atomic E-state index is 12.5. The number of amides is 2. The largest absolute Gasteiger partial charge is 0.448 e. The van der Waals surface area contributed by atoms with Gasteiger partial charge < -0.3 is 15.0 Å². The van der Waals surface area contributed by atoms with Crippen LogP contribution in [-0.4, -0.2) is 43.1 Å². The van der Waals surface area contributed by atoms with Crippen molar-refractivity contribution in [1.29, 1.82) is 0 Å². The lowest BCUT2D eigenvalue weighted by molar-refractivity contribution is -0.121. The number of nitrogens with one attached hydrogen (secondary N) is 1. The maximum Gasteiger partial charge on any atom is 0.409 e. The molecule has 0 aromatic heterocycles. The summed E-state index contributed by atoms with van der Waals surface area (Å²) in [4.78, 5) is 25.5. The summed E-state index contributed by atoms with van der Waals surface area (Å²) < 4.78 is 4.88. The molecule has 1 aliphatic heterocycles. The van der Waals surface area contributed by atoms with Crippen molar-refractivity contribution in [2.75, 3.05) is 26.2 Å². The van der Waals surface area contributed by atoms with E-state index in [-0.39, 0.29) is 17.9 Å². The van der Waals surface area contributed by atoms with Gasteiger partial charge in [-0.3, -0.25) is 4.79 Å². The second-order valence-corrected chi connectivity index (χ2v) is 6.61. The Balaban J connectivity index is 1.64. The summed E-state index contributed by atoms with van der Waals surface area (Å²) in [7, 11) is 0. The molecule has 0 bridgehead atoms. The van der Waals surface area contributed by atoms with Gasteiger partial charge in [0.05, 0.1) is 6.54 Å². The molecule has 1 N–H and O–H groups in total. The molecule has 1 unspecified atom stereocenters. The number of nitrogens with zero attached hydrogens (tertiary/aromatic N) is 1. The number of halogens is 1. The lowest BCUT2D eigenvalue weighted by atomic mass is 9.88. The number of rotatable bonds is 7. The standard InChI is InChI=1S/C20H21ClN2O3/c21-17-8-4-7-16(13-17)18(15-5-2-1-3-6-15)14-19(24)22-9-10-23-11-12-26-20(23)25/h1-8,13,18H,9-12,14H2,(H,22,24). The highest BCUT2D eigenvalue weighted by atomic mass is 35.5. The van der Waals surface area contributed by atoms with Crippen LogP contribution in [0.1, 0.15) is 23.5 Å². The third-order valence-corrected chi connectivity index (χ3v) is 4.63. The smallest absolute Gasteiger partial charge is 0.409 e. The molecule has 1 heterocycles. The van der Waals surface area contributed by atoms with Crippen LogP contribution in [0.5, 0.6) is 0 Å². The third-order valence-electron chi connectivity index (χ3n) is 4.39. The predicted molar refractivity (Wildman–Crippen MR) is 100 cm³/mol. The van der Waals surface area contributed by atoms with Crippen LogP contribution in [0.2, 0.25) is 5.02 Å². The Morgan fingerprint density at radius 3 is 2.62 bits per heavy atom. The van der Waals surface area contributed by atoms with Gasteiger partial charge in [-0.15, -0.1) is 0 Å². The molecule has 2 aromatic carbocycles. The fourth-order valence-corrected chi connectivity index (χ4v) is 3.25. The Morgan fingerprint density at radius 1 is 1.15 bits per heavy atom. The van der Waals surface area contributed by atoms with Crippen LogP contribution in [0.4, 0.5) is 4.79 Å². The zero-order chi connectivity index (χ0) is 18.4. The first-order chi connectivity index (χ1) is 12.6. The molecular weight excluding hydrogens is 352 g/mol. The second-order valence-electron chi connectivity index (χ2n) is 6.17. The number of carbonyl (C=O) groups is 2. The van der Waals surface area contributed by atoms with Crippen LogP contribution < -0.4 is 5.32 Å². The minimum atomic E-state index is -0.319. The lowest BCUT2D eigenvalue weighted by Gasteiger charge is -2.19. The summed E-state index contributed by atoms with van der Waals surface area (Å²) in [5, 5.41) is 3.54. The van der Waals surface area contributed by atoms with E-state index in [1.807, 2.05) is 54.6 Å². The van der Waals surface area contributed by atoms with Crippen LogP contribution >= 0.6 is 11.6 Å². The Kier molecular flexibility index (Phi) is 6.12. The van der Waals surface area contributed by atoms with E-state index in [4.69, 9.17) is 16.3 Å². The molecule has 2 amide bonds. The number of cyclic esters (lactones) is 1. The van der Waals surface area contributed by atoms with Gasteiger partial charge in [-0.1, -0.05) is 54.1 Å². The van der Waals surface area contributed by atoms with Crippen molar-refractivity contribution >= 4 is 23.6 Å². The first-order valence-corrected chi connectivity index (χ1v) is 9.00. The highest BCUT2D eigenvalue weighted by Crippen LogP contribution is 2.29. The highest BCUT2D eigenvalue weighted by Gasteiger charge is 2.22. The first kappa shape index (κ1) is 18.3. The van der Waals surface area contributed by atoms with E-state index in [1.54, 1.807) is 4.90 Å². The zero-order valence-corrected chi connectivity index (χ0v) is 15.1. The van der Waals surface area contributed by atoms with Gasteiger partial charge in [-0.05, 0) is 23.3 Å². The van der Waals surface area contributed by atoms with Crippen molar-refractivity contribution in [3.63, 3.8) is 0 Å². The summed E-state index contributed by atoms with van der Waals surface area (Å²) in [5.74, 6) is -0.141. The molecule has 1 aliphatic rings. The van der Waals surface area contributed by atoms with Gasteiger partial charge in [-0.2, -0.15) is 0 Å². The molecule has 3 rings (SSSR count). The number of benzene rings is 2. The van der Waals surface area contributed by atoms with Crippen molar-refractivity contribution in [3.05, 3.63) is 70.7 Å². The SMILES string of the molecule is O=C(CC(c1ccccc1)c1cccc(Cl)c1)NCCN1CCOC1=O. The van der Waals surface area contributed by atoms with Crippen LogP contribution in [0, 0.1) is 0 Å². The van der Waals surface area contributed by atoms with Crippen molar-refractivity contribution in [1.82, 2.24) is 10.2 Å². The molecule has 1 atom stereocenters. The molecule has 2 aromatic rings. The molecule has 1 saturated heterocycles. The summed E-state index contributed by atoms with van der Waals surface area (Å²) in [6, 6.07) is 17.5. The van der Waals surface area contributed by atoms with Crippen LogP contribution in [0.25, 0.3) is 0 Å². The van der Waals surface area contributed by atoms with E-state index in [2.05, 4.69) is 5.32 Å². The van der Waals surface area contributed by atoms with E-state index in [0.717, 1.165) is 11.1 Å². The lowest BCUT2D eigenvalue weighted by Crippen LogP contribution is -2.35. The normalized spacial score (nSPS) is 14.8. The number of hydrogen-bond acceptors (Lipinski definition) is 3. The molecule has 26 heavy (non-hydrogen) atoms. The molecule has 0 spiro atoms. The van der Waals surface area contributed by atoms with Crippen molar-refractivity contribution in [3.8, 4) is 0 Å². The van der Waals surface area contributed by atoms with Gasteiger partial charge >= 0.3 is 6.09 Å². The fraction of sp³-hybridized carbons (Fsp3) is 0.300. The monoisotopic (exact) mass is 372 g/mol. The third kappa shape index (κ3) is 4.76. The number of hydrogen-bond donors (Lipinski definition) is 1. The summed E-state index contributed by atoms with van der Waals surface area (Å²) in [6.45, 7) is 1.85. The zero-order valence-electron chi connectivity index (χ0n) is 14.4. The predicted octanol–water partition coefficient (Wildman–Crippen LogP) is 3.43. The van der Waals surface area contributed by atoms with Gasteiger partial charge in [0.15, 0.2) is 0 Å². The average molecular weight is 373 g/mol. The molecule has 6 heteroatoms. The van der Waals surface area contributed by atoms with Crippen molar-refractivity contribution < 1.29 is 14.3 Å². The minimum Gasteiger partial charge on any atom is -0.448 e. The van der Waals surface area contributed by atoms with E-state index in [9.17, 15) is 9.59 Å². The Morgan fingerprint density at radius 2 is 1.92 bits per heavy atom. The van der Waals surface area contributed by atoms with Gasteiger partial charge in [-0.25, -0.2) is 4.79 Å². The van der Waals surface area contributed by atoms with Gasteiger partial charge in [0.1, 0.15) is 6.61 Å². The van der Waals surface area contributed by atoms with Gasteiger partial charge in [0.2, 0.25) is 5.91 Å². The quantitative estimate of drug-likeness (QED) is 0.810.